The number of nitrogens with one attached hydrogen (secondary N) is 1. The summed E-state index contributed by atoms with van der Waals surface area (Å²) >= 11 is 0. The average molecular weight is 188 g/mol. The molecule has 72 valence electrons. The van der Waals surface area contributed by atoms with Gasteiger partial charge in [0.25, 0.3) is 0 Å². The molecule has 3 nitrogen and oxygen atoms in total. The van der Waals surface area contributed by atoms with Crippen LogP contribution in [0.25, 0.3) is 0 Å². The number of hydrogen-bond donors (Lipinski definition) is 2. The lowest BCUT2D eigenvalue weighted by Gasteiger charge is -2.01. The van der Waals surface area contributed by atoms with Gasteiger partial charge in [-0.1, -0.05) is 12.2 Å². The van der Waals surface area contributed by atoms with E-state index >= 15 is 0 Å². The first-order valence-corrected chi connectivity index (χ1v) is 4.36. The van der Waals surface area contributed by atoms with E-state index in [2.05, 4.69) is 11.4 Å². The van der Waals surface area contributed by atoms with Gasteiger partial charge in [0.2, 0.25) is 0 Å². The second-order valence-electron chi connectivity index (χ2n) is 2.72. The van der Waals surface area contributed by atoms with Crippen molar-refractivity contribution in [2.24, 2.45) is 0 Å². The van der Waals surface area contributed by atoms with Crippen LogP contribution in [0.5, 0.6) is 0 Å². The predicted octanol–water partition coefficient (Wildman–Crippen LogP) is 1.52. The van der Waals surface area contributed by atoms with Gasteiger partial charge in [-0.15, -0.1) is 0 Å². The molecule has 0 saturated carbocycles. The fraction of sp³-hybridized carbons (Fsp3) is 0.182. The zero-order valence-corrected chi connectivity index (χ0v) is 7.77. The smallest absolute Gasteiger partial charge is 0.0991 e. The summed E-state index contributed by atoms with van der Waals surface area (Å²) in [5.41, 5.74) is 1.62. The van der Waals surface area contributed by atoms with Crippen molar-refractivity contribution in [1.29, 1.82) is 5.26 Å². The number of rotatable bonds is 4. The molecule has 0 heterocycles. The van der Waals surface area contributed by atoms with Crippen LogP contribution >= 0.6 is 0 Å². The van der Waals surface area contributed by atoms with Crippen molar-refractivity contribution >= 4 is 5.69 Å². The second kappa shape index (κ2) is 5.79. The van der Waals surface area contributed by atoms with Crippen molar-refractivity contribution in [3.63, 3.8) is 0 Å². The number of nitrogens with zero attached hydrogens (tertiary/aromatic N) is 1. The Morgan fingerprint density at radius 2 is 2.00 bits per heavy atom. The van der Waals surface area contributed by atoms with E-state index in [1.807, 2.05) is 18.2 Å². The van der Waals surface area contributed by atoms with Crippen LogP contribution in [-0.4, -0.2) is 18.3 Å². The minimum atomic E-state index is 0.0645. The molecule has 0 amide bonds. The van der Waals surface area contributed by atoms with Crippen molar-refractivity contribution < 1.29 is 5.11 Å². The van der Waals surface area contributed by atoms with Gasteiger partial charge in [-0.25, -0.2) is 0 Å². The fourth-order valence-corrected chi connectivity index (χ4v) is 0.997. The molecule has 0 saturated heterocycles. The van der Waals surface area contributed by atoms with Crippen LogP contribution in [0.15, 0.2) is 36.4 Å². The lowest BCUT2D eigenvalue weighted by molar-refractivity contribution is 0.342. The van der Waals surface area contributed by atoms with Crippen LogP contribution in [0.1, 0.15) is 5.56 Å². The summed E-state index contributed by atoms with van der Waals surface area (Å²) in [4.78, 5) is 0. The van der Waals surface area contributed by atoms with Crippen molar-refractivity contribution in [3.8, 4) is 6.07 Å². The molecular formula is C11H12N2O. The molecule has 0 spiro atoms. The van der Waals surface area contributed by atoms with Gasteiger partial charge in [-0.3, -0.25) is 0 Å². The van der Waals surface area contributed by atoms with E-state index in [1.165, 1.54) is 0 Å². The molecule has 1 aromatic rings. The number of anilines is 1. The van der Waals surface area contributed by atoms with Gasteiger partial charge < -0.3 is 10.4 Å². The quantitative estimate of drug-likeness (QED) is 0.704. The van der Waals surface area contributed by atoms with Crippen LogP contribution in [0.3, 0.4) is 0 Å². The highest BCUT2D eigenvalue weighted by atomic mass is 16.2. The monoisotopic (exact) mass is 188 g/mol. The van der Waals surface area contributed by atoms with Crippen LogP contribution in [0.4, 0.5) is 5.69 Å². The molecule has 1 aromatic carbocycles. The van der Waals surface area contributed by atoms with E-state index in [0.29, 0.717) is 12.1 Å². The van der Waals surface area contributed by atoms with Crippen LogP contribution in [0, 0.1) is 11.3 Å². The Kier molecular flexibility index (Phi) is 4.25. The molecule has 14 heavy (non-hydrogen) atoms. The minimum Gasteiger partial charge on any atom is -0.392 e. The maximum absolute atomic E-state index is 8.57. The van der Waals surface area contributed by atoms with Crippen molar-refractivity contribution in [2.45, 2.75) is 0 Å². The Morgan fingerprint density at radius 3 is 2.57 bits per heavy atom. The first-order valence-electron chi connectivity index (χ1n) is 4.36. The first kappa shape index (κ1) is 10.3. The summed E-state index contributed by atoms with van der Waals surface area (Å²) in [6, 6.07) is 9.28. The van der Waals surface area contributed by atoms with Gasteiger partial charge >= 0.3 is 0 Å². The summed E-state index contributed by atoms with van der Waals surface area (Å²) in [6.45, 7) is 0.738. The van der Waals surface area contributed by atoms with Crippen molar-refractivity contribution in [1.82, 2.24) is 0 Å². The van der Waals surface area contributed by atoms with Crippen LogP contribution in [-0.2, 0) is 0 Å². The number of aliphatic hydroxyl groups excluding tert-OH is 1. The molecule has 2 N–H and O–H groups in total. The zero-order chi connectivity index (χ0) is 10.2. The Morgan fingerprint density at radius 1 is 1.29 bits per heavy atom. The molecule has 0 aliphatic heterocycles. The van der Waals surface area contributed by atoms with Gasteiger partial charge in [0.05, 0.1) is 18.2 Å². The topological polar surface area (TPSA) is 56.0 Å². The van der Waals surface area contributed by atoms with Gasteiger partial charge in [-0.2, -0.15) is 5.26 Å². The normalized spacial score (nSPS) is 10.0. The number of benzene rings is 1. The third-order valence-electron chi connectivity index (χ3n) is 1.71. The molecule has 0 aliphatic rings. The highest BCUT2D eigenvalue weighted by Gasteiger charge is 1.90. The molecule has 0 aromatic heterocycles. The van der Waals surface area contributed by atoms with Gasteiger partial charge in [0.1, 0.15) is 0 Å². The minimum absolute atomic E-state index is 0.0645. The Labute approximate surface area is 83.3 Å². The molecule has 0 fully saturated rings. The van der Waals surface area contributed by atoms with Gasteiger partial charge in [0.15, 0.2) is 0 Å². The third-order valence-corrected chi connectivity index (χ3v) is 1.71. The lowest BCUT2D eigenvalue weighted by Crippen LogP contribution is -1.97. The SMILES string of the molecule is N#Cc1ccc(NC/C=C/CO)cc1. The molecule has 0 unspecified atom stereocenters. The number of nitriles is 1. The van der Waals surface area contributed by atoms with Gasteiger partial charge in [0, 0.05) is 12.2 Å². The summed E-state index contributed by atoms with van der Waals surface area (Å²) < 4.78 is 0. The first-order chi connectivity index (χ1) is 6.86. The molecule has 1 rings (SSSR count). The summed E-state index contributed by atoms with van der Waals surface area (Å²) in [5.74, 6) is 0. The Hall–Kier alpha value is -1.79. The summed E-state index contributed by atoms with van der Waals surface area (Å²) in [7, 11) is 0. The van der Waals surface area contributed by atoms with E-state index in [-0.39, 0.29) is 6.61 Å². The summed E-state index contributed by atoms with van der Waals surface area (Å²) in [5, 5.41) is 20.2. The van der Waals surface area contributed by atoms with E-state index in [4.69, 9.17) is 10.4 Å². The predicted molar refractivity (Wildman–Crippen MR) is 55.9 cm³/mol. The molecule has 0 aliphatic carbocycles. The maximum Gasteiger partial charge on any atom is 0.0991 e. The zero-order valence-electron chi connectivity index (χ0n) is 7.77. The Balaban J connectivity index is 2.45. The van der Waals surface area contributed by atoms with E-state index in [1.54, 1.807) is 18.2 Å². The van der Waals surface area contributed by atoms with Crippen molar-refractivity contribution in [2.75, 3.05) is 18.5 Å². The van der Waals surface area contributed by atoms with Crippen molar-refractivity contribution in [3.05, 3.63) is 42.0 Å². The second-order valence-corrected chi connectivity index (χ2v) is 2.72. The largest absolute Gasteiger partial charge is 0.392 e. The molecule has 0 atom stereocenters. The maximum atomic E-state index is 8.57. The van der Waals surface area contributed by atoms with E-state index in [9.17, 15) is 0 Å². The highest BCUT2D eigenvalue weighted by molar-refractivity contribution is 5.47. The average Bonchev–Trinajstić information content (AvgIpc) is 2.25. The number of aliphatic hydroxyl groups is 1. The molecule has 3 heteroatoms. The lowest BCUT2D eigenvalue weighted by atomic mass is 10.2. The fourth-order valence-electron chi connectivity index (χ4n) is 0.997. The Bertz CT molecular complexity index is 335. The van der Waals surface area contributed by atoms with E-state index < -0.39 is 0 Å². The highest BCUT2D eigenvalue weighted by Crippen LogP contribution is 2.07. The van der Waals surface area contributed by atoms with Crippen LogP contribution < -0.4 is 5.32 Å². The van der Waals surface area contributed by atoms with E-state index in [0.717, 1.165) is 5.69 Å². The standard InChI is InChI=1S/C11H12N2O/c12-9-10-3-5-11(6-4-10)13-7-1-2-8-14/h1-6,13-14H,7-8H2/b2-1+. The molecular weight excluding hydrogens is 176 g/mol. The van der Waals surface area contributed by atoms with Crippen LogP contribution in [0.2, 0.25) is 0 Å². The molecule has 0 radical (unpaired) electrons. The number of hydrogen-bond acceptors (Lipinski definition) is 3. The van der Waals surface area contributed by atoms with Gasteiger partial charge in [-0.05, 0) is 24.3 Å². The summed E-state index contributed by atoms with van der Waals surface area (Å²) in [6.07, 6.45) is 3.52. The molecule has 0 bridgehead atoms. The third kappa shape index (κ3) is 3.30.